The Morgan fingerprint density at radius 1 is 0.960 bits per heavy atom. The Hall–Kier alpha value is -2.67. The summed E-state index contributed by atoms with van der Waals surface area (Å²) in [6.07, 6.45) is 0. The van der Waals surface area contributed by atoms with Gasteiger partial charge < -0.3 is 16.8 Å². The minimum atomic E-state index is -4.84. The molecule has 2 aromatic carbocycles. The molecule has 10 nitrogen and oxygen atoms in total. The number of carbonyl (C=O) groups excluding carboxylic acids is 1. The largest absolute Gasteiger partial charge is 0.397 e. The van der Waals surface area contributed by atoms with Gasteiger partial charge in [-0.1, -0.05) is 6.07 Å². The first-order valence-corrected chi connectivity index (χ1v) is 9.33. The zero-order valence-corrected chi connectivity index (χ0v) is 14.0. The summed E-state index contributed by atoms with van der Waals surface area (Å²) in [6, 6.07) is 6.33. The van der Waals surface area contributed by atoms with Crippen LogP contribution in [0.5, 0.6) is 0 Å². The molecule has 134 valence electrons. The van der Waals surface area contributed by atoms with Crippen molar-refractivity contribution in [2.45, 2.75) is 9.79 Å². The molecular weight excluding hydrogens is 374 g/mol. The molecule has 2 rings (SSSR count). The van der Waals surface area contributed by atoms with Gasteiger partial charge in [0, 0.05) is 0 Å². The molecule has 0 aliphatic heterocycles. The van der Waals surface area contributed by atoms with Crippen LogP contribution < -0.4 is 16.8 Å². The van der Waals surface area contributed by atoms with E-state index in [0.717, 1.165) is 6.07 Å². The lowest BCUT2D eigenvalue weighted by Gasteiger charge is -2.12. The van der Waals surface area contributed by atoms with E-state index in [1.54, 1.807) is 0 Å². The maximum absolute atomic E-state index is 12.4. The maximum atomic E-state index is 12.4. The fourth-order valence-electron chi connectivity index (χ4n) is 1.95. The van der Waals surface area contributed by atoms with Gasteiger partial charge in [-0.15, -0.1) is 0 Å². The van der Waals surface area contributed by atoms with Crippen LogP contribution >= 0.6 is 0 Å². The Kier molecular flexibility index (Phi) is 4.72. The Balaban J connectivity index is 2.59. The van der Waals surface area contributed by atoms with E-state index < -0.39 is 41.5 Å². The first kappa shape index (κ1) is 18.7. The summed E-state index contributed by atoms with van der Waals surface area (Å²) < 4.78 is 63.5. The van der Waals surface area contributed by atoms with Crippen LogP contribution in [0, 0.1) is 0 Å². The van der Waals surface area contributed by atoms with Gasteiger partial charge in [-0.25, -0.2) is 0 Å². The monoisotopic (exact) mass is 387 g/mol. The fraction of sp³-hybridized carbons (Fsp3) is 0. The van der Waals surface area contributed by atoms with Gasteiger partial charge in [0.2, 0.25) is 0 Å². The molecule has 1 amide bonds. The third kappa shape index (κ3) is 4.06. The fourth-order valence-corrected chi connectivity index (χ4v) is 3.13. The van der Waals surface area contributed by atoms with Crippen molar-refractivity contribution in [1.29, 1.82) is 0 Å². The predicted octanol–water partition coefficient (Wildman–Crippen LogP) is 0.597. The number of nitrogens with two attached hydrogens (primary N) is 2. The lowest BCUT2D eigenvalue weighted by molar-refractivity contribution is 0.102. The zero-order chi connectivity index (χ0) is 19.0. The number of nitrogen functional groups attached to an aromatic ring is 2. The molecule has 0 saturated heterocycles. The van der Waals surface area contributed by atoms with Crippen LogP contribution in [0.15, 0.2) is 46.2 Å². The van der Waals surface area contributed by atoms with Gasteiger partial charge in [0.05, 0.1) is 27.5 Å². The molecule has 0 aliphatic rings. The third-order valence-electron chi connectivity index (χ3n) is 3.16. The number of amides is 1. The molecule has 25 heavy (non-hydrogen) atoms. The number of anilines is 3. The highest BCUT2D eigenvalue weighted by Crippen LogP contribution is 2.26. The molecule has 0 saturated carbocycles. The van der Waals surface area contributed by atoms with Crippen molar-refractivity contribution in [3.05, 3.63) is 42.0 Å². The highest BCUT2D eigenvalue weighted by Gasteiger charge is 2.24. The number of hydrogen-bond acceptors (Lipinski definition) is 7. The summed E-state index contributed by atoms with van der Waals surface area (Å²) in [7, 11) is -9.55. The van der Waals surface area contributed by atoms with Gasteiger partial charge in [0.1, 0.15) is 4.90 Å². The summed E-state index contributed by atoms with van der Waals surface area (Å²) in [6.45, 7) is 0. The van der Waals surface area contributed by atoms with Gasteiger partial charge in [-0.3, -0.25) is 13.9 Å². The van der Waals surface area contributed by atoms with E-state index >= 15 is 0 Å². The summed E-state index contributed by atoms with van der Waals surface area (Å²) in [4.78, 5) is 10.8. The molecule has 0 heterocycles. The zero-order valence-electron chi connectivity index (χ0n) is 12.4. The van der Waals surface area contributed by atoms with Crippen LogP contribution in [-0.2, 0) is 20.2 Å². The first-order chi connectivity index (χ1) is 11.4. The van der Waals surface area contributed by atoms with Gasteiger partial charge in [-0.05, 0) is 30.3 Å². The summed E-state index contributed by atoms with van der Waals surface area (Å²) in [5.74, 6) is -1.09. The van der Waals surface area contributed by atoms with Crippen molar-refractivity contribution in [2.75, 3.05) is 16.8 Å². The molecule has 0 fully saturated rings. The smallest absolute Gasteiger partial charge is 0.295 e. The molecular formula is C13H13N3O7S2. The molecule has 0 bridgehead atoms. The number of rotatable bonds is 4. The normalized spacial score (nSPS) is 11.9. The molecule has 2 aromatic rings. The van der Waals surface area contributed by atoms with E-state index in [4.69, 9.17) is 16.0 Å². The Morgan fingerprint density at radius 3 is 2.16 bits per heavy atom. The minimum absolute atomic E-state index is 0.00944. The quantitative estimate of drug-likeness (QED) is 0.369. The standard InChI is InChI=1S/C13H13N3O7S2/c14-9-2-1-3-10(12(9)15)16-13(17)8-6-7(24(18,19)20)4-5-11(8)25(21,22)23/h1-6H,14-15H2,(H,16,17)(H,18,19,20)(H,21,22,23). The van der Waals surface area contributed by atoms with Gasteiger partial charge in [0.25, 0.3) is 26.1 Å². The second kappa shape index (κ2) is 6.33. The predicted molar refractivity (Wildman–Crippen MR) is 89.3 cm³/mol. The van der Waals surface area contributed by atoms with Crippen LogP contribution in [0.25, 0.3) is 0 Å². The van der Waals surface area contributed by atoms with E-state index in [2.05, 4.69) is 5.32 Å². The molecule has 12 heteroatoms. The molecule has 0 unspecified atom stereocenters. The van der Waals surface area contributed by atoms with Crippen LogP contribution in [-0.4, -0.2) is 31.8 Å². The van der Waals surface area contributed by atoms with Crippen molar-refractivity contribution >= 4 is 43.2 Å². The summed E-state index contributed by atoms with van der Waals surface area (Å²) in [5, 5.41) is 2.26. The van der Waals surface area contributed by atoms with E-state index in [9.17, 15) is 26.2 Å². The van der Waals surface area contributed by atoms with Crippen molar-refractivity contribution in [3.63, 3.8) is 0 Å². The molecule has 0 aromatic heterocycles. The summed E-state index contributed by atoms with van der Waals surface area (Å²) in [5.41, 5.74) is 10.8. The van der Waals surface area contributed by atoms with Crippen molar-refractivity contribution < 1.29 is 30.7 Å². The van der Waals surface area contributed by atoms with Crippen molar-refractivity contribution in [2.24, 2.45) is 0 Å². The van der Waals surface area contributed by atoms with Gasteiger partial charge in [0.15, 0.2) is 0 Å². The van der Waals surface area contributed by atoms with E-state index in [1.807, 2.05) is 0 Å². The third-order valence-corrected chi connectivity index (χ3v) is 4.92. The second-order valence-corrected chi connectivity index (χ2v) is 7.68. The first-order valence-electron chi connectivity index (χ1n) is 6.45. The number of para-hydroxylation sites is 1. The summed E-state index contributed by atoms with van der Waals surface area (Å²) >= 11 is 0. The minimum Gasteiger partial charge on any atom is -0.397 e. The van der Waals surface area contributed by atoms with E-state index in [-0.39, 0.29) is 17.1 Å². The Morgan fingerprint density at radius 2 is 1.60 bits per heavy atom. The molecule has 0 aliphatic carbocycles. The number of hydrogen-bond donors (Lipinski definition) is 5. The van der Waals surface area contributed by atoms with Crippen LogP contribution in [0.1, 0.15) is 10.4 Å². The maximum Gasteiger partial charge on any atom is 0.295 e. The lowest BCUT2D eigenvalue weighted by atomic mass is 10.2. The number of nitrogens with one attached hydrogen (secondary N) is 1. The molecule has 0 atom stereocenters. The SMILES string of the molecule is Nc1cccc(NC(=O)c2cc(S(=O)(=O)O)ccc2S(=O)(=O)O)c1N. The van der Waals surface area contributed by atoms with E-state index in [1.165, 1.54) is 18.2 Å². The molecule has 7 N–H and O–H groups in total. The van der Waals surface area contributed by atoms with Gasteiger partial charge in [-0.2, -0.15) is 16.8 Å². The van der Waals surface area contributed by atoms with E-state index in [0.29, 0.717) is 12.1 Å². The average molecular weight is 387 g/mol. The molecule has 0 radical (unpaired) electrons. The van der Waals surface area contributed by atoms with Crippen LogP contribution in [0.2, 0.25) is 0 Å². The van der Waals surface area contributed by atoms with Crippen LogP contribution in [0.4, 0.5) is 17.1 Å². The highest BCUT2D eigenvalue weighted by atomic mass is 32.2. The van der Waals surface area contributed by atoms with Crippen molar-refractivity contribution in [1.82, 2.24) is 0 Å². The number of carbonyl (C=O) groups is 1. The van der Waals surface area contributed by atoms with Gasteiger partial charge >= 0.3 is 0 Å². The lowest BCUT2D eigenvalue weighted by Crippen LogP contribution is -2.18. The Bertz CT molecular complexity index is 1060. The highest BCUT2D eigenvalue weighted by molar-refractivity contribution is 7.86. The topological polar surface area (TPSA) is 190 Å². The molecule has 0 spiro atoms. The average Bonchev–Trinajstić information content (AvgIpc) is 2.49. The Labute approximate surface area is 143 Å². The van der Waals surface area contributed by atoms with Crippen LogP contribution in [0.3, 0.4) is 0 Å². The van der Waals surface area contributed by atoms with Crippen molar-refractivity contribution in [3.8, 4) is 0 Å². The second-order valence-electron chi connectivity index (χ2n) is 4.87. The number of benzene rings is 2.